The second-order valence-corrected chi connectivity index (χ2v) is 6.63. The van der Waals surface area contributed by atoms with Crippen LogP contribution in [0.3, 0.4) is 0 Å². The van der Waals surface area contributed by atoms with Gasteiger partial charge in [0.05, 0.1) is 12.2 Å². The molecular formula is C20H24F3N3O. The van der Waals surface area contributed by atoms with E-state index in [9.17, 15) is 13.2 Å². The highest BCUT2D eigenvalue weighted by Crippen LogP contribution is 2.29. The molecule has 2 heterocycles. The van der Waals surface area contributed by atoms with Crippen LogP contribution in [0.4, 0.5) is 19.0 Å². The largest absolute Gasteiger partial charge is 0.494 e. The van der Waals surface area contributed by atoms with Gasteiger partial charge in [-0.05, 0) is 49.6 Å². The highest BCUT2D eigenvalue weighted by Gasteiger charge is 2.31. The quantitative estimate of drug-likeness (QED) is 0.814. The molecule has 1 aliphatic rings. The lowest BCUT2D eigenvalue weighted by Gasteiger charge is -2.33. The normalized spacial score (nSPS) is 15.8. The van der Waals surface area contributed by atoms with E-state index < -0.39 is 11.7 Å². The topological polar surface area (TPSA) is 37.4 Å². The number of benzene rings is 1. The standard InChI is InChI=1S/C20H24F3N3O/c1-2-27-18-5-3-4-15(12-18)13-24-17-8-10-26(11-9-17)19-7-6-16(14-25-19)20(21,22)23/h3-7,12,14,17,24H,2,8-11,13H2,1H3. The minimum absolute atomic E-state index is 0.381. The predicted molar refractivity (Wildman–Crippen MR) is 98.9 cm³/mol. The van der Waals surface area contributed by atoms with Crippen LogP contribution in [0.2, 0.25) is 0 Å². The summed E-state index contributed by atoms with van der Waals surface area (Å²) in [7, 11) is 0. The first-order chi connectivity index (χ1) is 13.0. The van der Waals surface area contributed by atoms with E-state index in [-0.39, 0.29) is 0 Å². The van der Waals surface area contributed by atoms with Crippen LogP contribution in [0.25, 0.3) is 0 Å². The van der Waals surface area contributed by atoms with Crippen molar-refractivity contribution in [2.24, 2.45) is 0 Å². The predicted octanol–water partition coefficient (Wildman–Crippen LogP) is 4.26. The highest BCUT2D eigenvalue weighted by molar-refractivity contribution is 5.40. The summed E-state index contributed by atoms with van der Waals surface area (Å²) in [4.78, 5) is 6.02. The average Bonchev–Trinajstić information content (AvgIpc) is 2.67. The van der Waals surface area contributed by atoms with Crippen molar-refractivity contribution < 1.29 is 17.9 Å². The second-order valence-electron chi connectivity index (χ2n) is 6.63. The monoisotopic (exact) mass is 379 g/mol. The van der Waals surface area contributed by atoms with Gasteiger partial charge < -0.3 is 15.0 Å². The van der Waals surface area contributed by atoms with Crippen molar-refractivity contribution in [3.63, 3.8) is 0 Å². The van der Waals surface area contributed by atoms with Crippen LogP contribution < -0.4 is 15.0 Å². The molecule has 0 amide bonds. The van der Waals surface area contributed by atoms with Crippen LogP contribution in [0.15, 0.2) is 42.6 Å². The number of hydrogen-bond donors (Lipinski definition) is 1. The molecule has 0 spiro atoms. The minimum atomic E-state index is -4.35. The summed E-state index contributed by atoms with van der Waals surface area (Å²) >= 11 is 0. The number of halogens is 3. The van der Waals surface area contributed by atoms with Crippen LogP contribution in [0, 0.1) is 0 Å². The van der Waals surface area contributed by atoms with E-state index in [0.29, 0.717) is 18.5 Å². The molecular weight excluding hydrogens is 355 g/mol. The number of ether oxygens (including phenoxy) is 1. The SMILES string of the molecule is CCOc1cccc(CNC2CCN(c3ccc(C(F)(F)F)cn3)CC2)c1. The van der Waals surface area contributed by atoms with Gasteiger partial charge in [-0.3, -0.25) is 0 Å². The van der Waals surface area contributed by atoms with Crippen molar-refractivity contribution in [3.05, 3.63) is 53.7 Å². The Labute approximate surface area is 157 Å². The molecule has 1 aliphatic heterocycles. The molecule has 0 atom stereocenters. The number of piperidine rings is 1. The molecule has 0 radical (unpaired) electrons. The smallest absolute Gasteiger partial charge is 0.417 e. The number of nitrogens with one attached hydrogen (secondary N) is 1. The van der Waals surface area contributed by atoms with Crippen molar-refractivity contribution in [1.29, 1.82) is 0 Å². The summed E-state index contributed by atoms with van der Waals surface area (Å²) in [6, 6.07) is 11.0. The minimum Gasteiger partial charge on any atom is -0.494 e. The second kappa shape index (κ2) is 8.61. The molecule has 7 heteroatoms. The van der Waals surface area contributed by atoms with Crippen molar-refractivity contribution in [2.45, 2.75) is 38.5 Å². The molecule has 146 valence electrons. The third kappa shape index (κ3) is 5.35. The lowest BCUT2D eigenvalue weighted by molar-refractivity contribution is -0.137. The van der Waals surface area contributed by atoms with E-state index in [1.54, 1.807) is 0 Å². The molecule has 1 aromatic heterocycles. The van der Waals surface area contributed by atoms with Gasteiger partial charge in [-0.2, -0.15) is 13.2 Å². The zero-order valence-corrected chi connectivity index (χ0v) is 15.3. The Bertz CT molecular complexity index is 726. The Hall–Kier alpha value is -2.28. The fourth-order valence-electron chi connectivity index (χ4n) is 3.23. The van der Waals surface area contributed by atoms with E-state index >= 15 is 0 Å². The fraction of sp³-hybridized carbons (Fsp3) is 0.450. The third-order valence-electron chi connectivity index (χ3n) is 4.70. The molecule has 1 saturated heterocycles. The zero-order valence-electron chi connectivity index (χ0n) is 15.3. The molecule has 0 unspecified atom stereocenters. The molecule has 0 aliphatic carbocycles. The van der Waals surface area contributed by atoms with Gasteiger partial charge >= 0.3 is 6.18 Å². The van der Waals surface area contributed by atoms with Gasteiger partial charge in [0.2, 0.25) is 0 Å². The number of alkyl halides is 3. The van der Waals surface area contributed by atoms with E-state index in [0.717, 1.165) is 50.5 Å². The number of anilines is 1. The maximum atomic E-state index is 12.6. The van der Waals surface area contributed by atoms with Gasteiger partial charge in [-0.15, -0.1) is 0 Å². The summed E-state index contributed by atoms with van der Waals surface area (Å²) in [6.45, 7) is 4.92. The maximum absolute atomic E-state index is 12.6. The van der Waals surface area contributed by atoms with E-state index in [4.69, 9.17) is 4.74 Å². The lowest BCUT2D eigenvalue weighted by Crippen LogP contribution is -2.42. The van der Waals surface area contributed by atoms with Gasteiger partial charge in [0.15, 0.2) is 0 Å². The van der Waals surface area contributed by atoms with E-state index in [1.807, 2.05) is 30.0 Å². The van der Waals surface area contributed by atoms with Gasteiger partial charge in [0.25, 0.3) is 0 Å². The molecule has 1 N–H and O–H groups in total. The van der Waals surface area contributed by atoms with Crippen LogP contribution in [0.5, 0.6) is 5.75 Å². The molecule has 0 saturated carbocycles. The Balaban J connectivity index is 1.48. The first kappa shape index (κ1) is 19.5. The maximum Gasteiger partial charge on any atom is 0.417 e. The Morgan fingerprint density at radius 2 is 1.96 bits per heavy atom. The summed E-state index contributed by atoms with van der Waals surface area (Å²) in [5.41, 5.74) is 0.463. The molecule has 2 aromatic rings. The summed E-state index contributed by atoms with van der Waals surface area (Å²) < 4.78 is 43.4. The molecule has 27 heavy (non-hydrogen) atoms. The lowest BCUT2D eigenvalue weighted by atomic mass is 10.0. The summed E-state index contributed by atoms with van der Waals surface area (Å²) in [5.74, 6) is 1.48. The van der Waals surface area contributed by atoms with Crippen LogP contribution in [-0.4, -0.2) is 30.7 Å². The molecule has 1 aromatic carbocycles. The third-order valence-corrected chi connectivity index (χ3v) is 4.70. The van der Waals surface area contributed by atoms with Crippen molar-refractivity contribution in [2.75, 3.05) is 24.6 Å². The van der Waals surface area contributed by atoms with Gasteiger partial charge in [-0.1, -0.05) is 12.1 Å². The zero-order chi connectivity index (χ0) is 19.3. The van der Waals surface area contributed by atoms with Crippen LogP contribution in [0.1, 0.15) is 30.9 Å². The van der Waals surface area contributed by atoms with Crippen molar-refractivity contribution >= 4 is 5.82 Å². The van der Waals surface area contributed by atoms with E-state index in [2.05, 4.69) is 16.4 Å². The van der Waals surface area contributed by atoms with Gasteiger partial charge in [-0.25, -0.2) is 4.98 Å². The van der Waals surface area contributed by atoms with Crippen LogP contribution >= 0.6 is 0 Å². The molecule has 3 rings (SSSR count). The number of nitrogens with zero attached hydrogens (tertiary/aromatic N) is 2. The first-order valence-corrected chi connectivity index (χ1v) is 9.19. The summed E-state index contributed by atoms with van der Waals surface area (Å²) in [5, 5.41) is 3.56. The van der Waals surface area contributed by atoms with Crippen LogP contribution in [-0.2, 0) is 12.7 Å². The first-order valence-electron chi connectivity index (χ1n) is 9.19. The number of pyridine rings is 1. The van der Waals surface area contributed by atoms with Crippen molar-refractivity contribution in [1.82, 2.24) is 10.3 Å². The molecule has 0 bridgehead atoms. The highest BCUT2D eigenvalue weighted by atomic mass is 19.4. The Morgan fingerprint density at radius 3 is 2.59 bits per heavy atom. The Morgan fingerprint density at radius 1 is 1.19 bits per heavy atom. The molecule has 1 fully saturated rings. The number of rotatable bonds is 6. The van der Waals surface area contributed by atoms with Crippen molar-refractivity contribution in [3.8, 4) is 5.75 Å². The Kier molecular flexibility index (Phi) is 6.21. The van der Waals surface area contributed by atoms with Gasteiger partial charge in [0, 0.05) is 31.9 Å². The average molecular weight is 379 g/mol. The number of hydrogen-bond acceptors (Lipinski definition) is 4. The molecule has 4 nitrogen and oxygen atoms in total. The number of aromatic nitrogens is 1. The van der Waals surface area contributed by atoms with E-state index in [1.165, 1.54) is 11.6 Å². The van der Waals surface area contributed by atoms with Gasteiger partial charge in [0.1, 0.15) is 11.6 Å². The summed E-state index contributed by atoms with van der Waals surface area (Å²) in [6.07, 6.45) is -1.59. The fourth-order valence-corrected chi connectivity index (χ4v) is 3.23.